The minimum absolute atomic E-state index is 0.248. The van der Waals surface area contributed by atoms with Crippen LogP contribution in [0.1, 0.15) is 27.7 Å². The Hall–Kier alpha value is -0.910. The highest BCUT2D eigenvalue weighted by molar-refractivity contribution is 7.87. The van der Waals surface area contributed by atoms with Crippen molar-refractivity contribution in [2.75, 3.05) is 12.3 Å². The van der Waals surface area contributed by atoms with Gasteiger partial charge in [0.2, 0.25) is 5.91 Å². The fourth-order valence-corrected chi connectivity index (χ4v) is 2.66. The van der Waals surface area contributed by atoms with Crippen molar-refractivity contribution in [3.63, 3.8) is 0 Å². The Morgan fingerprint density at radius 3 is 2.12 bits per heavy atom. The molecule has 0 rings (SSSR count). The predicted molar refractivity (Wildman–Crippen MR) is 67.1 cm³/mol. The van der Waals surface area contributed by atoms with E-state index in [0.29, 0.717) is 12.5 Å². The zero-order valence-electron chi connectivity index (χ0n) is 10.7. The van der Waals surface area contributed by atoms with Crippen molar-refractivity contribution >= 4 is 22.7 Å². The first-order chi connectivity index (χ1) is 7.75. The highest BCUT2D eigenvalue weighted by atomic mass is 32.2. The number of nitrogens with one attached hydrogen (secondary N) is 1. The molecule has 1 amide bonds. The molecule has 2 unspecified atom stereocenters. The molecule has 0 saturated carbocycles. The molecule has 0 aliphatic carbocycles. The summed E-state index contributed by atoms with van der Waals surface area (Å²) in [6.45, 7) is 7.78. The van der Waals surface area contributed by atoms with Gasteiger partial charge in [-0.3, -0.25) is 13.8 Å². The van der Waals surface area contributed by atoms with E-state index < -0.39 is 22.0 Å². The molecule has 100 valence electrons. The summed E-state index contributed by atoms with van der Waals surface area (Å²) < 4.78 is 11.8. The number of rotatable bonds is 7. The van der Waals surface area contributed by atoms with Crippen LogP contribution < -0.4 is 5.32 Å². The van der Waals surface area contributed by atoms with Gasteiger partial charge in [0.15, 0.2) is 0 Å². The first-order valence-corrected chi connectivity index (χ1v) is 7.00. The molecule has 2 N–H and O–H groups in total. The van der Waals surface area contributed by atoms with E-state index in [2.05, 4.69) is 5.32 Å². The van der Waals surface area contributed by atoms with Gasteiger partial charge < -0.3 is 10.4 Å². The second-order valence-electron chi connectivity index (χ2n) is 4.73. The van der Waals surface area contributed by atoms with Crippen LogP contribution in [0.3, 0.4) is 0 Å². The predicted octanol–water partition coefficient (Wildman–Crippen LogP) is 0.616. The van der Waals surface area contributed by atoms with Gasteiger partial charge in [-0.15, -0.1) is 0 Å². The van der Waals surface area contributed by atoms with Crippen molar-refractivity contribution < 1.29 is 18.9 Å². The number of amides is 1. The van der Waals surface area contributed by atoms with Crippen molar-refractivity contribution in [1.29, 1.82) is 0 Å². The molecule has 0 aromatic carbocycles. The van der Waals surface area contributed by atoms with Crippen LogP contribution in [0.15, 0.2) is 0 Å². The molecule has 0 saturated heterocycles. The highest BCUT2D eigenvalue weighted by Crippen LogP contribution is 2.10. The summed E-state index contributed by atoms with van der Waals surface area (Å²) >= 11 is 0. The van der Waals surface area contributed by atoms with E-state index in [0.717, 1.165) is 0 Å². The molecule has 0 heterocycles. The summed E-state index contributed by atoms with van der Waals surface area (Å²) in [6, 6.07) is 0. The minimum Gasteiger partial charge on any atom is -0.480 e. The van der Waals surface area contributed by atoms with Crippen LogP contribution in [0.2, 0.25) is 0 Å². The van der Waals surface area contributed by atoms with Gasteiger partial charge in [-0.2, -0.15) is 0 Å². The Morgan fingerprint density at radius 2 is 1.76 bits per heavy atom. The highest BCUT2D eigenvalue weighted by Gasteiger charge is 2.29. The summed E-state index contributed by atoms with van der Waals surface area (Å²) in [4.78, 5) is 22.3. The topological polar surface area (TPSA) is 83.5 Å². The van der Waals surface area contributed by atoms with E-state index in [1.54, 1.807) is 13.8 Å². The number of hydrogen-bond donors (Lipinski definition) is 2. The average molecular weight is 263 g/mol. The number of carbonyl (C=O) groups is 2. The Kier molecular flexibility index (Phi) is 7.03. The van der Waals surface area contributed by atoms with Crippen LogP contribution in [-0.4, -0.2) is 38.7 Å². The first-order valence-electron chi connectivity index (χ1n) is 5.62. The molecule has 0 radical (unpaired) electrons. The van der Waals surface area contributed by atoms with E-state index in [1.165, 1.54) is 0 Å². The maximum Gasteiger partial charge on any atom is 0.319 e. The van der Waals surface area contributed by atoms with Crippen LogP contribution in [-0.2, 0) is 20.4 Å². The molecule has 0 aliphatic rings. The van der Waals surface area contributed by atoms with Crippen molar-refractivity contribution in [3.05, 3.63) is 0 Å². The molecular formula is C11H21NO4S. The van der Waals surface area contributed by atoms with Gasteiger partial charge in [-0.1, -0.05) is 27.7 Å². The molecule has 0 aromatic heterocycles. The molecule has 5 nitrogen and oxygen atoms in total. The van der Waals surface area contributed by atoms with Crippen LogP contribution in [0.4, 0.5) is 0 Å². The fourth-order valence-electron chi connectivity index (χ4n) is 1.29. The third kappa shape index (κ3) is 6.41. The van der Waals surface area contributed by atoms with Gasteiger partial charge in [0.25, 0.3) is 0 Å². The second kappa shape index (κ2) is 7.42. The first kappa shape index (κ1) is 16.1. The van der Waals surface area contributed by atoms with Crippen molar-refractivity contribution in [1.82, 2.24) is 5.32 Å². The molecule has 0 fully saturated rings. The molecule has 0 bridgehead atoms. The number of aliphatic carboxylic acids is 1. The zero-order valence-corrected chi connectivity index (χ0v) is 11.5. The standard InChI is InChI=1S/C11H21NO4S/c1-7(2)5-12-9(13)6-17(16)10(8(3)4)11(14)15/h7-8,10H,5-6H2,1-4H3,(H,12,13)(H,14,15). The van der Waals surface area contributed by atoms with Crippen LogP contribution in [0, 0.1) is 11.8 Å². The van der Waals surface area contributed by atoms with Crippen LogP contribution >= 0.6 is 0 Å². The zero-order chi connectivity index (χ0) is 13.6. The van der Waals surface area contributed by atoms with Crippen LogP contribution in [0.5, 0.6) is 0 Å². The Morgan fingerprint density at radius 1 is 1.24 bits per heavy atom. The van der Waals surface area contributed by atoms with Crippen LogP contribution in [0.25, 0.3) is 0 Å². The summed E-state index contributed by atoms with van der Waals surface area (Å²) in [5.41, 5.74) is 0. The Bertz CT molecular complexity index is 302. The summed E-state index contributed by atoms with van der Waals surface area (Å²) in [5, 5.41) is 10.6. The number of carboxylic acids is 1. The lowest BCUT2D eigenvalue weighted by atomic mass is 10.1. The van der Waals surface area contributed by atoms with Gasteiger partial charge >= 0.3 is 5.97 Å². The molecule has 6 heteroatoms. The molecule has 2 atom stereocenters. The average Bonchev–Trinajstić information content (AvgIpc) is 2.12. The minimum atomic E-state index is -1.67. The van der Waals surface area contributed by atoms with Crippen molar-refractivity contribution in [2.24, 2.45) is 11.8 Å². The third-order valence-corrected chi connectivity index (χ3v) is 3.97. The molecule has 0 spiro atoms. The number of carboxylic acid groups (broad SMARTS) is 1. The lowest BCUT2D eigenvalue weighted by Gasteiger charge is -2.15. The number of hydrogen-bond acceptors (Lipinski definition) is 3. The lowest BCUT2D eigenvalue weighted by Crippen LogP contribution is -2.38. The molecular weight excluding hydrogens is 242 g/mol. The SMILES string of the molecule is CC(C)CNC(=O)CS(=O)C(C(=O)O)C(C)C. The lowest BCUT2D eigenvalue weighted by molar-refractivity contribution is -0.137. The third-order valence-electron chi connectivity index (χ3n) is 2.11. The molecule has 0 aromatic rings. The quantitative estimate of drug-likeness (QED) is 0.705. The van der Waals surface area contributed by atoms with Crippen molar-refractivity contribution in [3.8, 4) is 0 Å². The van der Waals surface area contributed by atoms with E-state index in [1.807, 2.05) is 13.8 Å². The van der Waals surface area contributed by atoms with Gasteiger partial charge in [0.05, 0.1) is 0 Å². The smallest absolute Gasteiger partial charge is 0.319 e. The molecule has 0 aliphatic heterocycles. The Labute approximate surface area is 104 Å². The summed E-state index contributed by atoms with van der Waals surface area (Å²) in [7, 11) is -1.67. The van der Waals surface area contributed by atoms with Crippen molar-refractivity contribution in [2.45, 2.75) is 32.9 Å². The maximum absolute atomic E-state index is 11.8. The largest absolute Gasteiger partial charge is 0.480 e. The second-order valence-corrected chi connectivity index (χ2v) is 6.28. The summed E-state index contributed by atoms with van der Waals surface area (Å²) in [5.74, 6) is -1.67. The fraction of sp³-hybridized carbons (Fsp3) is 0.818. The van der Waals surface area contributed by atoms with Gasteiger partial charge in [-0.25, -0.2) is 0 Å². The molecule has 17 heavy (non-hydrogen) atoms. The van der Waals surface area contributed by atoms with Gasteiger partial charge in [0, 0.05) is 17.3 Å². The van der Waals surface area contributed by atoms with Gasteiger partial charge in [0.1, 0.15) is 11.0 Å². The number of carbonyl (C=O) groups excluding carboxylic acids is 1. The monoisotopic (exact) mass is 263 g/mol. The van der Waals surface area contributed by atoms with Gasteiger partial charge in [-0.05, 0) is 11.8 Å². The Balaban J connectivity index is 4.32. The summed E-state index contributed by atoms with van der Waals surface area (Å²) in [6.07, 6.45) is 0. The van der Waals surface area contributed by atoms with E-state index in [-0.39, 0.29) is 17.6 Å². The van der Waals surface area contributed by atoms with E-state index in [9.17, 15) is 13.8 Å². The van der Waals surface area contributed by atoms with E-state index >= 15 is 0 Å². The normalized spacial score (nSPS) is 14.7. The van der Waals surface area contributed by atoms with E-state index in [4.69, 9.17) is 5.11 Å². The maximum atomic E-state index is 11.8.